The molecular weight excluding hydrogens is 366 g/mol. The monoisotopic (exact) mass is 389 g/mol. The van der Waals surface area contributed by atoms with Gasteiger partial charge in [0.2, 0.25) is 0 Å². The molecule has 144 valence electrons. The second-order valence-electron chi connectivity index (χ2n) is 7.40. The summed E-state index contributed by atoms with van der Waals surface area (Å²) in [6, 6.07) is 7.89. The molecule has 8 heteroatoms. The van der Waals surface area contributed by atoms with E-state index in [4.69, 9.17) is 4.74 Å². The summed E-state index contributed by atoms with van der Waals surface area (Å²) >= 11 is 0. The van der Waals surface area contributed by atoms with Crippen LogP contribution in [0.2, 0.25) is 0 Å². The number of anilines is 1. The zero-order valence-corrected chi connectivity index (χ0v) is 16.6. The summed E-state index contributed by atoms with van der Waals surface area (Å²) in [5.74, 6) is 0.364. The summed E-state index contributed by atoms with van der Waals surface area (Å²) < 4.78 is 28.9. The molecule has 1 aromatic carbocycles. The number of ether oxygens (including phenoxy) is 1. The largest absolute Gasteiger partial charge is 0.497 e. The fraction of sp³-hybridized carbons (Fsp3) is 0.368. The van der Waals surface area contributed by atoms with Crippen LogP contribution < -0.4 is 10.1 Å². The van der Waals surface area contributed by atoms with Crippen molar-refractivity contribution in [2.75, 3.05) is 25.2 Å². The van der Waals surface area contributed by atoms with E-state index in [1.54, 1.807) is 23.4 Å². The normalized spacial score (nSPS) is 18.5. The lowest BCUT2D eigenvalue weighted by atomic mass is 9.72. The van der Waals surface area contributed by atoms with E-state index in [2.05, 4.69) is 24.1 Å². The van der Waals surface area contributed by atoms with Crippen LogP contribution >= 0.6 is 0 Å². The van der Waals surface area contributed by atoms with Gasteiger partial charge in [0.15, 0.2) is 9.84 Å². The molecule has 1 saturated heterocycles. The Bertz CT molecular complexity index is 958. The zero-order valence-electron chi connectivity index (χ0n) is 15.8. The summed E-state index contributed by atoms with van der Waals surface area (Å²) in [5, 5.41) is 2.80. The Morgan fingerprint density at radius 3 is 2.48 bits per heavy atom. The third kappa shape index (κ3) is 3.90. The molecule has 2 heterocycles. The summed E-state index contributed by atoms with van der Waals surface area (Å²) in [6.45, 7) is 4.80. The second kappa shape index (κ2) is 6.84. The summed E-state index contributed by atoms with van der Waals surface area (Å²) in [7, 11) is -1.98. The first-order chi connectivity index (χ1) is 12.6. The molecule has 1 aliphatic heterocycles. The molecule has 0 saturated carbocycles. The molecule has 2 aromatic rings. The SMILES string of the molecule is COc1cc(NC(=O)N2CC(C)(C)[C@H]2c2ccncc2)cc(S(C)(=O)=O)c1. The molecular formula is C19H23N3O4S. The van der Waals surface area contributed by atoms with Crippen molar-refractivity contribution in [1.82, 2.24) is 9.88 Å². The van der Waals surface area contributed by atoms with Crippen molar-refractivity contribution >= 4 is 21.6 Å². The first-order valence-electron chi connectivity index (χ1n) is 8.48. The number of amides is 2. The highest BCUT2D eigenvalue weighted by molar-refractivity contribution is 7.90. The quantitative estimate of drug-likeness (QED) is 0.868. The van der Waals surface area contributed by atoms with Crippen LogP contribution in [0.25, 0.3) is 0 Å². The molecule has 27 heavy (non-hydrogen) atoms. The molecule has 0 unspecified atom stereocenters. The summed E-state index contributed by atoms with van der Waals surface area (Å²) in [4.78, 5) is 18.7. The van der Waals surface area contributed by atoms with Gasteiger partial charge in [0.25, 0.3) is 0 Å². The lowest BCUT2D eigenvalue weighted by Crippen LogP contribution is -2.59. The number of carbonyl (C=O) groups excluding carboxylic acids is 1. The van der Waals surface area contributed by atoms with E-state index in [-0.39, 0.29) is 22.4 Å². The number of rotatable bonds is 4. The topological polar surface area (TPSA) is 88.6 Å². The minimum absolute atomic E-state index is 0.0645. The average molecular weight is 389 g/mol. The third-order valence-electron chi connectivity index (χ3n) is 4.71. The molecule has 0 spiro atoms. The van der Waals surface area contributed by atoms with Gasteiger partial charge in [0, 0.05) is 42.4 Å². The molecule has 1 fully saturated rings. The van der Waals surface area contributed by atoms with Crippen LogP contribution in [0.3, 0.4) is 0 Å². The smallest absolute Gasteiger partial charge is 0.322 e. The summed E-state index contributed by atoms with van der Waals surface area (Å²) in [5.41, 5.74) is 1.32. The number of hydrogen-bond acceptors (Lipinski definition) is 5. The number of methoxy groups -OCH3 is 1. The van der Waals surface area contributed by atoms with Crippen molar-refractivity contribution in [2.45, 2.75) is 24.8 Å². The molecule has 0 aliphatic carbocycles. The second-order valence-corrected chi connectivity index (χ2v) is 9.41. The van der Waals surface area contributed by atoms with Crippen LogP contribution in [0.4, 0.5) is 10.5 Å². The standard InChI is InChI=1S/C19H23N3O4S/c1-19(2)12-22(17(19)13-5-7-20-8-6-13)18(23)21-14-9-15(26-3)11-16(10-14)27(4,24)25/h5-11,17H,12H2,1-4H3,(H,21,23)/t17-/m1/s1. The molecule has 1 atom stereocenters. The number of likely N-dealkylation sites (tertiary alicyclic amines) is 1. The number of hydrogen-bond donors (Lipinski definition) is 1. The maximum Gasteiger partial charge on any atom is 0.322 e. The van der Waals surface area contributed by atoms with Gasteiger partial charge >= 0.3 is 6.03 Å². The van der Waals surface area contributed by atoms with Gasteiger partial charge in [-0.2, -0.15) is 0 Å². The third-order valence-corrected chi connectivity index (χ3v) is 5.80. The lowest BCUT2D eigenvalue weighted by Gasteiger charge is -2.54. The Balaban J connectivity index is 1.85. The number of nitrogens with zero attached hydrogens (tertiary/aromatic N) is 2. The van der Waals surface area contributed by atoms with Gasteiger partial charge in [-0.1, -0.05) is 13.8 Å². The van der Waals surface area contributed by atoms with E-state index in [0.29, 0.717) is 18.0 Å². The average Bonchev–Trinajstić information content (AvgIpc) is 2.59. The number of nitrogens with one attached hydrogen (secondary N) is 1. The van der Waals surface area contributed by atoms with Gasteiger partial charge in [-0.25, -0.2) is 13.2 Å². The minimum atomic E-state index is -3.43. The highest BCUT2D eigenvalue weighted by atomic mass is 32.2. The van der Waals surface area contributed by atoms with Gasteiger partial charge in [0.1, 0.15) is 5.75 Å². The van der Waals surface area contributed by atoms with Gasteiger partial charge in [-0.3, -0.25) is 4.98 Å². The summed E-state index contributed by atoms with van der Waals surface area (Å²) in [6.07, 6.45) is 4.53. The molecule has 2 amide bonds. The van der Waals surface area contributed by atoms with Crippen LogP contribution in [0.15, 0.2) is 47.6 Å². The van der Waals surface area contributed by atoms with E-state index in [0.717, 1.165) is 11.8 Å². The molecule has 7 nitrogen and oxygen atoms in total. The Kier molecular flexibility index (Phi) is 4.86. The van der Waals surface area contributed by atoms with Crippen molar-refractivity contribution in [1.29, 1.82) is 0 Å². The van der Waals surface area contributed by atoms with E-state index >= 15 is 0 Å². The first-order valence-corrected chi connectivity index (χ1v) is 10.4. The Labute approximate surface area is 159 Å². The van der Waals surface area contributed by atoms with Gasteiger partial charge in [-0.15, -0.1) is 0 Å². The van der Waals surface area contributed by atoms with E-state index in [9.17, 15) is 13.2 Å². The van der Waals surface area contributed by atoms with Gasteiger partial charge in [-0.05, 0) is 29.8 Å². The Morgan fingerprint density at radius 2 is 1.93 bits per heavy atom. The molecule has 1 aliphatic rings. The van der Waals surface area contributed by atoms with Crippen LogP contribution in [0.5, 0.6) is 5.75 Å². The fourth-order valence-electron chi connectivity index (χ4n) is 3.46. The number of pyridine rings is 1. The maximum absolute atomic E-state index is 12.8. The minimum Gasteiger partial charge on any atom is -0.497 e. The molecule has 0 bridgehead atoms. The highest BCUT2D eigenvalue weighted by Crippen LogP contribution is 2.48. The van der Waals surface area contributed by atoms with Gasteiger partial charge < -0.3 is 15.0 Å². The van der Waals surface area contributed by atoms with E-state index < -0.39 is 9.84 Å². The number of aromatic nitrogens is 1. The Morgan fingerprint density at radius 1 is 1.26 bits per heavy atom. The lowest BCUT2D eigenvalue weighted by molar-refractivity contribution is -0.0115. The molecule has 1 aromatic heterocycles. The van der Waals surface area contributed by atoms with Crippen LogP contribution in [0.1, 0.15) is 25.5 Å². The first kappa shape index (κ1) is 19.2. The molecule has 0 radical (unpaired) electrons. The van der Waals surface area contributed by atoms with Crippen molar-refractivity contribution in [3.05, 3.63) is 48.3 Å². The number of urea groups is 1. The molecule has 1 N–H and O–H groups in total. The fourth-order valence-corrected chi connectivity index (χ4v) is 4.13. The van der Waals surface area contributed by atoms with Crippen molar-refractivity contribution in [2.24, 2.45) is 5.41 Å². The van der Waals surface area contributed by atoms with Crippen molar-refractivity contribution in [3.8, 4) is 5.75 Å². The number of sulfone groups is 1. The predicted octanol–water partition coefficient (Wildman–Crippen LogP) is 3.11. The zero-order chi connectivity index (χ0) is 19.8. The number of carbonyl (C=O) groups is 1. The van der Waals surface area contributed by atoms with Crippen LogP contribution in [-0.2, 0) is 9.84 Å². The predicted molar refractivity (Wildman–Crippen MR) is 103 cm³/mol. The van der Waals surface area contributed by atoms with Crippen molar-refractivity contribution < 1.29 is 17.9 Å². The molecule has 3 rings (SSSR count). The Hall–Kier alpha value is -2.61. The van der Waals surface area contributed by atoms with Crippen molar-refractivity contribution in [3.63, 3.8) is 0 Å². The van der Waals surface area contributed by atoms with E-state index in [1.807, 2.05) is 12.1 Å². The maximum atomic E-state index is 12.8. The highest BCUT2D eigenvalue weighted by Gasteiger charge is 2.48. The van der Waals surface area contributed by atoms with Crippen LogP contribution in [0, 0.1) is 5.41 Å². The van der Waals surface area contributed by atoms with Gasteiger partial charge in [0.05, 0.1) is 18.0 Å². The van der Waals surface area contributed by atoms with E-state index in [1.165, 1.54) is 19.2 Å². The van der Waals surface area contributed by atoms with Crippen LogP contribution in [-0.4, -0.2) is 44.2 Å². The number of benzene rings is 1.